The Bertz CT molecular complexity index is 680. The van der Waals surface area contributed by atoms with Gasteiger partial charge in [-0.2, -0.15) is 0 Å². The van der Waals surface area contributed by atoms with Crippen molar-refractivity contribution in [1.29, 1.82) is 0 Å². The van der Waals surface area contributed by atoms with Crippen LogP contribution < -0.4 is 0 Å². The Kier molecular flexibility index (Phi) is 4.08. The van der Waals surface area contributed by atoms with E-state index in [9.17, 15) is 4.79 Å². The third kappa shape index (κ3) is 2.82. The van der Waals surface area contributed by atoms with E-state index in [-0.39, 0.29) is 5.92 Å². The Morgan fingerprint density at radius 2 is 1.96 bits per heavy atom. The first-order valence-electron chi connectivity index (χ1n) is 7.27. The maximum Gasteiger partial charge on any atom is 0.414 e. The van der Waals surface area contributed by atoms with Gasteiger partial charge in [-0.05, 0) is 30.0 Å². The highest BCUT2D eigenvalue weighted by Crippen LogP contribution is 2.47. The van der Waals surface area contributed by atoms with Gasteiger partial charge in [0.15, 0.2) is 0 Å². The Hall–Kier alpha value is -1.99. The summed E-state index contributed by atoms with van der Waals surface area (Å²) in [4.78, 5) is 37.1. The third-order valence-corrected chi connectivity index (χ3v) is 4.93. The Labute approximate surface area is 136 Å². The summed E-state index contributed by atoms with van der Waals surface area (Å²) >= 11 is 5.94. The number of Topliss-reactive ketones (excluding diaryl/α,β-unsaturated/α-hetero) is 1. The van der Waals surface area contributed by atoms with Crippen LogP contribution in [0.2, 0.25) is 5.15 Å². The number of fused-ring (bicyclic) bond motifs is 2. The molecule has 23 heavy (non-hydrogen) atoms. The van der Waals surface area contributed by atoms with E-state index in [0.29, 0.717) is 23.0 Å². The summed E-state index contributed by atoms with van der Waals surface area (Å²) < 4.78 is 0. The number of pyridine rings is 1. The van der Waals surface area contributed by atoms with Crippen LogP contribution in [0.1, 0.15) is 36.3 Å². The lowest BCUT2D eigenvalue weighted by Crippen LogP contribution is -2.50. The van der Waals surface area contributed by atoms with Crippen LogP contribution >= 0.6 is 11.6 Å². The van der Waals surface area contributed by atoms with Gasteiger partial charge in [0.2, 0.25) is 0 Å². The van der Waals surface area contributed by atoms with Gasteiger partial charge >= 0.3 is 11.9 Å². The second-order valence-corrected chi connectivity index (χ2v) is 6.32. The van der Waals surface area contributed by atoms with Gasteiger partial charge in [0.1, 0.15) is 10.9 Å². The molecule has 2 N–H and O–H groups in total. The normalized spacial score (nSPS) is 30.0. The SMILES string of the molecule is O=C(O)C(=O)O.O=C1C[C@@H]2CC[C@@H]3C1c1cnc(Cl)cc1CN23. The number of hydrogen-bond acceptors (Lipinski definition) is 5. The summed E-state index contributed by atoms with van der Waals surface area (Å²) in [5, 5.41) is 15.3. The minimum absolute atomic E-state index is 0.0577. The number of carbonyl (C=O) groups is 3. The van der Waals surface area contributed by atoms with E-state index < -0.39 is 11.9 Å². The fourth-order valence-corrected chi connectivity index (χ4v) is 4.02. The molecule has 1 aromatic heterocycles. The molecule has 2 saturated heterocycles. The average Bonchev–Trinajstić information content (AvgIpc) is 2.77. The van der Waals surface area contributed by atoms with Crippen molar-refractivity contribution >= 4 is 29.3 Å². The molecule has 7 nitrogen and oxygen atoms in total. The monoisotopic (exact) mass is 338 g/mol. The zero-order valence-corrected chi connectivity index (χ0v) is 12.9. The standard InChI is InChI=1S/C13H13ClN2O.C2H2O4/c14-12-3-7-6-16-8-1-2-10(16)13(11(17)4-8)9(7)5-15-12;3-1(4)2(5)6/h3,5,8,10,13H,1-2,4,6H2;(H,3,4)(H,5,6)/t8-,10+,13?;/m0./s1. The van der Waals surface area contributed by atoms with Crippen molar-refractivity contribution in [3.8, 4) is 0 Å². The van der Waals surface area contributed by atoms with Gasteiger partial charge in [-0.15, -0.1) is 0 Å². The molecule has 3 aliphatic heterocycles. The van der Waals surface area contributed by atoms with E-state index in [1.165, 1.54) is 12.0 Å². The third-order valence-electron chi connectivity index (χ3n) is 4.72. The van der Waals surface area contributed by atoms with Crippen LogP contribution in [0.4, 0.5) is 0 Å². The molecule has 8 heteroatoms. The molecule has 0 aromatic carbocycles. The number of piperidine rings is 1. The first-order chi connectivity index (χ1) is 10.9. The van der Waals surface area contributed by atoms with E-state index in [1.807, 2.05) is 12.3 Å². The molecule has 4 rings (SSSR count). The number of carboxylic acids is 2. The van der Waals surface area contributed by atoms with Gasteiger partial charge in [-0.1, -0.05) is 11.6 Å². The molecular weight excluding hydrogens is 324 g/mol. The fourth-order valence-electron chi connectivity index (χ4n) is 3.84. The molecule has 2 unspecified atom stereocenters. The van der Waals surface area contributed by atoms with Crippen molar-refractivity contribution in [1.82, 2.24) is 9.88 Å². The summed E-state index contributed by atoms with van der Waals surface area (Å²) in [5.74, 6) is -3.19. The molecule has 4 bridgehead atoms. The molecule has 2 fully saturated rings. The number of rotatable bonds is 0. The van der Waals surface area contributed by atoms with Crippen LogP contribution in [-0.2, 0) is 20.9 Å². The van der Waals surface area contributed by atoms with E-state index in [1.54, 1.807) is 0 Å². The van der Waals surface area contributed by atoms with Gasteiger partial charge in [-0.25, -0.2) is 14.6 Å². The molecule has 0 amide bonds. The van der Waals surface area contributed by atoms with Crippen LogP contribution in [-0.4, -0.2) is 49.9 Å². The van der Waals surface area contributed by atoms with Gasteiger partial charge in [0.05, 0.1) is 5.92 Å². The molecule has 0 radical (unpaired) electrons. The Balaban J connectivity index is 0.000000227. The predicted octanol–water partition coefficient (Wildman–Crippen LogP) is 1.29. The Morgan fingerprint density at radius 1 is 1.26 bits per heavy atom. The van der Waals surface area contributed by atoms with Gasteiger partial charge in [0.25, 0.3) is 0 Å². The maximum atomic E-state index is 12.2. The van der Waals surface area contributed by atoms with E-state index in [2.05, 4.69) is 9.88 Å². The first kappa shape index (κ1) is 15.9. The summed E-state index contributed by atoms with van der Waals surface area (Å²) in [6.45, 7) is 0.941. The summed E-state index contributed by atoms with van der Waals surface area (Å²) in [7, 11) is 0. The van der Waals surface area contributed by atoms with E-state index >= 15 is 0 Å². The number of nitrogens with zero attached hydrogens (tertiary/aromatic N) is 2. The summed E-state index contributed by atoms with van der Waals surface area (Å²) in [5.41, 5.74) is 2.33. The summed E-state index contributed by atoms with van der Waals surface area (Å²) in [6.07, 6.45) is 4.87. The second kappa shape index (κ2) is 5.90. The smallest absolute Gasteiger partial charge is 0.414 e. The summed E-state index contributed by atoms with van der Waals surface area (Å²) in [6, 6.07) is 2.83. The predicted molar refractivity (Wildman–Crippen MR) is 79.2 cm³/mol. The van der Waals surface area contributed by atoms with Crippen LogP contribution in [0.15, 0.2) is 12.3 Å². The van der Waals surface area contributed by atoms with Crippen LogP contribution in [0.5, 0.6) is 0 Å². The molecule has 0 saturated carbocycles. The van der Waals surface area contributed by atoms with Crippen LogP contribution in [0.25, 0.3) is 0 Å². The highest BCUT2D eigenvalue weighted by molar-refractivity contribution is 6.29. The first-order valence-corrected chi connectivity index (χ1v) is 7.65. The van der Waals surface area contributed by atoms with Crippen molar-refractivity contribution in [2.75, 3.05) is 0 Å². The fraction of sp³-hybridized carbons (Fsp3) is 0.467. The second-order valence-electron chi connectivity index (χ2n) is 5.94. The molecule has 0 spiro atoms. The van der Waals surface area contributed by atoms with Crippen molar-refractivity contribution < 1.29 is 24.6 Å². The molecule has 1 aromatic rings. The van der Waals surface area contributed by atoms with Gasteiger partial charge < -0.3 is 10.2 Å². The largest absolute Gasteiger partial charge is 0.473 e. The van der Waals surface area contributed by atoms with Crippen LogP contribution in [0, 0.1) is 0 Å². The number of ketones is 1. The minimum Gasteiger partial charge on any atom is -0.473 e. The number of aromatic nitrogens is 1. The highest BCUT2D eigenvalue weighted by Gasteiger charge is 2.50. The molecule has 122 valence electrons. The van der Waals surface area contributed by atoms with Crippen molar-refractivity contribution in [3.05, 3.63) is 28.5 Å². The lowest BCUT2D eigenvalue weighted by molar-refractivity contribution is -0.159. The molecule has 4 atom stereocenters. The number of carbonyl (C=O) groups excluding carboxylic acids is 1. The van der Waals surface area contributed by atoms with Crippen molar-refractivity contribution in [3.63, 3.8) is 0 Å². The molecule has 3 aliphatic rings. The molecule has 0 aliphatic carbocycles. The van der Waals surface area contributed by atoms with E-state index in [4.69, 9.17) is 31.4 Å². The lowest BCUT2D eigenvalue weighted by atomic mass is 9.78. The van der Waals surface area contributed by atoms with Crippen molar-refractivity contribution in [2.45, 2.75) is 43.8 Å². The Morgan fingerprint density at radius 3 is 2.61 bits per heavy atom. The topological polar surface area (TPSA) is 108 Å². The zero-order chi connectivity index (χ0) is 16.7. The lowest BCUT2D eigenvalue weighted by Gasteiger charge is -2.44. The highest BCUT2D eigenvalue weighted by atomic mass is 35.5. The van der Waals surface area contributed by atoms with Crippen LogP contribution in [0.3, 0.4) is 0 Å². The van der Waals surface area contributed by atoms with Gasteiger partial charge in [-0.3, -0.25) is 9.69 Å². The van der Waals surface area contributed by atoms with Crippen molar-refractivity contribution in [2.24, 2.45) is 0 Å². The van der Waals surface area contributed by atoms with Gasteiger partial charge in [0, 0.05) is 31.2 Å². The zero-order valence-electron chi connectivity index (χ0n) is 12.1. The number of carboxylic acid groups (broad SMARTS) is 2. The average molecular weight is 339 g/mol. The number of hydrogen-bond donors (Lipinski definition) is 2. The number of halogens is 1. The minimum atomic E-state index is -1.82. The van der Waals surface area contributed by atoms with E-state index in [0.717, 1.165) is 24.9 Å². The quantitative estimate of drug-likeness (QED) is 0.542. The molecule has 4 heterocycles. The molecular formula is C15H15ClN2O5. The maximum absolute atomic E-state index is 12.2. The number of aliphatic carboxylic acids is 2.